The van der Waals surface area contributed by atoms with E-state index in [4.69, 9.17) is 14.2 Å². The minimum atomic E-state index is -0.488. The van der Waals surface area contributed by atoms with Crippen molar-refractivity contribution in [1.29, 1.82) is 0 Å². The SMILES string of the molecule is COc1ccc(CN2CCN(C(=O)OC(C)(C)C)C(C)C2)c(Br)c1OCc1ccccc1. The van der Waals surface area contributed by atoms with Gasteiger partial charge >= 0.3 is 6.09 Å². The molecule has 1 unspecified atom stereocenters. The van der Waals surface area contributed by atoms with E-state index < -0.39 is 5.60 Å². The highest BCUT2D eigenvalue weighted by atomic mass is 79.9. The van der Waals surface area contributed by atoms with E-state index in [9.17, 15) is 4.79 Å². The number of nitrogens with zero attached hydrogens (tertiary/aromatic N) is 2. The van der Waals surface area contributed by atoms with Crippen LogP contribution in [-0.4, -0.2) is 54.3 Å². The van der Waals surface area contributed by atoms with Crippen LogP contribution in [0.2, 0.25) is 0 Å². The van der Waals surface area contributed by atoms with Crippen molar-refractivity contribution in [1.82, 2.24) is 9.80 Å². The maximum atomic E-state index is 12.5. The van der Waals surface area contributed by atoms with Crippen LogP contribution in [0.3, 0.4) is 0 Å². The summed E-state index contributed by atoms with van der Waals surface area (Å²) in [6.07, 6.45) is -0.244. The van der Waals surface area contributed by atoms with Crippen molar-refractivity contribution in [2.24, 2.45) is 0 Å². The smallest absolute Gasteiger partial charge is 0.410 e. The summed E-state index contributed by atoms with van der Waals surface area (Å²) < 4.78 is 18.1. The standard InChI is InChI=1S/C25H33BrN2O4/c1-18-15-27(13-14-28(18)24(29)32-25(2,3)4)16-20-11-12-21(30-5)23(22(20)26)31-17-19-9-7-6-8-10-19/h6-12,18H,13-17H2,1-5H3. The number of methoxy groups -OCH3 is 1. The molecule has 1 saturated heterocycles. The van der Waals surface area contributed by atoms with Crippen LogP contribution in [0.15, 0.2) is 46.9 Å². The second-order valence-corrected chi connectivity index (χ2v) is 9.90. The van der Waals surface area contributed by atoms with Crippen LogP contribution in [0, 0.1) is 0 Å². The lowest BCUT2D eigenvalue weighted by atomic mass is 10.1. The molecule has 7 heteroatoms. The summed E-state index contributed by atoms with van der Waals surface area (Å²) in [6, 6.07) is 14.1. The fourth-order valence-electron chi connectivity index (χ4n) is 3.74. The molecular weight excluding hydrogens is 472 g/mol. The molecule has 174 valence electrons. The maximum absolute atomic E-state index is 12.5. The Morgan fingerprint density at radius 2 is 1.84 bits per heavy atom. The Kier molecular flexibility index (Phi) is 8.06. The van der Waals surface area contributed by atoms with Gasteiger partial charge in [0.2, 0.25) is 0 Å². The van der Waals surface area contributed by atoms with Crippen LogP contribution in [0.25, 0.3) is 0 Å². The Balaban J connectivity index is 1.67. The van der Waals surface area contributed by atoms with Crippen LogP contribution in [0.5, 0.6) is 11.5 Å². The number of carbonyl (C=O) groups excluding carboxylic acids is 1. The number of hydrogen-bond donors (Lipinski definition) is 0. The average Bonchev–Trinajstić information content (AvgIpc) is 2.73. The van der Waals surface area contributed by atoms with E-state index in [1.54, 1.807) is 7.11 Å². The van der Waals surface area contributed by atoms with Crippen LogP contribution < -0.4 is 9.47 Å². The molecule has 1 fully saturated rings. The van der Waals surface area contributed by atoms with E-state index in [0.29, 0.717) is 24.7 Å². The van der Waals surface area contributed by atoms with Crippen LogP contribution in [-0.2, 0) is 17.9 Å². The number of hydrogen-bond acceptors (Lipinski definition) is 5. The molecule has 1 aliphatic rings. The summed E-state index contributed by atoms with van der Waals surface area (Å²) in [5.74, 6) is 1.40. The van der Waals surface area contributed by atoms with Gasteiger partial charge in [0.25, 0.3) is 0 Å². The zero-order chi connectivity index (χ0) is 23.3. The average molecular weight is 505 g/mol. The highest BCUT2D eigenvalue weighted by molar-refractivity contribution is 9.10. The molecule has 6 nitrogen and oxygen atoms in total. The zero-order valence-corrected chi connectivity index (χ0v) is 21.1. The van der Waals surface area contributed by atoms with Crippen molar-refractivity contribution in [2.45, 2.75) is 52.5 Å². The van der Waals surface area contributed by atoms with E-state index in [-0.39, 0.29) is 12.1 Å². The fraction of sp³-hybridized carbons (Fsp3) is 0.480. The van der Waals surface area contributed by atoms with Gasteiger partial charge in [-0.25, -0.2) is 4.79 Å². The third-order valence-electron chi connectivity index (χ3n) is 5.32. The van der Waals surface area contributed by atoms with Crippen molar-refractivity contribution >= 4 is 22.0 Å². The van der Waals surface area contributed by atoms with Gasteiger partial charge in [-0.15, -0.1) is 0 Å². The van der Waals surface area contributed by atoms with E-state index in [1.165, 1.54) is 0 Å². The summed E-state index contributed by atoms with van der Waals surface area (Å²) >= 11 is 3.74. The van der Waals surface area contributed by atoms with Gasteiger partial charge in [0.05, 0.1) is 11.6 Å². The predicted molar refractivity (Wildman–Crippen MR) is 129 cm³/mol. The number of piperazine rings is 1. The molecule has 0 aromatic heterocycles. The highest BCUT2D eigenvalue weighted by Gasteiger charge is 2.31. The molecule has 0 spiro atoms. The first kappa shape index (κ1) is 24.4. The molecule has 1 aliphatic heterocycles. The largest absolute Gasteiger partial charge is 0.493 e. The van der Waals surface area contributed by atoms with Crippen molar-refractivity contribution in [3.8, 4) is 11.5 Å². The molecular formula is C25H33BrN2O4. The summed E-state index contributed by atoms with van der Waals surface area (Å²) in [7, 11) is 1.65. The molecule has 2 aromatic rings. The van der Waals surface area contributed by atoms with Gasteiger partial charge in [0, 0.05) is 32.2 Å². The van der Waals surface area contributed by atoms with Crippen molar-refractivity contribution in [3.63, 3.8) is 0 Å². The third kappa shape index (κ3) is 6.39. The van der Waals surface area contributed by atoms with Gasteiger partial charge in [0.1, 0.15) is 12.2 Å². The molecule has 3 rings (SSSR count). The van der Waals surface area contributed by atoms with Crippen LogP contribution in [0.1, 0.15) is 38.8 Å². The zero-order valence-electron chi connectivity index (χ0n) is 19.6. The van der Waals surface area contributed by atoms with Crippen molar-refractivity contribution in [2.75, 3.05) is 26.7 Å². The molecule has 1 amide bonds. The predicted octanol–water partition coefficient (Wildman–Crippen LogP) is 5.48. The minimum Gasteiger partial charge on any atom is -0.493 e. The van der Waals surface area contributed by atoms with E-state index >= 15 is 0 Å². The molecule has 0 radical (unpaired) electrons. The Labute approximate surface area is 199 Å². The van der Waals surface area contributed by atoms with Gasteiger partial charge in [0.15, 0.2) is 11.5 Å². The topological polar surface area (TPSA) is 51.2 Å². The number of halogens is 1. The van der Waals surface area contributed by atoms with Crippen LogP contribution >= 0.6 is 15.9 Å². The second-order valence-electron chi connectivity index (χ2n) is 9.10. The quantitative estimate of drug-likeness (QED) is 0.521. The molecule has 0 bridgehead atoms. The van der Waals surface area contributed by atoms with Gasteiger partial charge in [-0.05, 0) is 60.8 Å². The monoisotopic (exact) mass is 504 g/mol. The normalized spacial score (nSPS) is 17.2. The summed E-state index contributed by atoms with van der Waals surface area (Å²) in [5.41, 5.74) is 1.73. The molecule has 1 heterocycles. The van der Waals surface area contributed by atoms with Crippen molar-refractivity contribution in [3.05, 3.63) is 58.1 Å². The maximum Gasteiger partial charge on any atom is 0.410 e. The number of amides is 1. The molecule has 0 saturated carbocycles. The lowest BCUT2D eigenvalue weighted by Gasteiger charge is -2.40. The lowest BCUT2D eigenvalue weighted by molar-refractivity contribution is 0.000531. The first-order chi connectivity index (χ1) is 15.2. The molecule has 0 aliphatic carbocycles. The van der Waals surface area contributed by atoms with Gasteiger partial charge in [-0.2, -0.15) is 0 Å². The first-order valence-corrected chi connectivity index (χ1v) is 11.7. The van der Waals surface area contributed by atoms with E-state index in [1.807, 2.05) is 62.1 Å². The van der Waals surface area contributed by atoms with E-state index in [2.05, 4.69) is 33.8 Å². The lowest BCUT2D eigenvalue weighted by Crippen LogP contribution is -2.54. The summed E-state index contributed by atoms with van der Waals surface area (Å²) in [6.45, 7) is 11.2. The Bertz CT molecular complexity index is 914. The number of rotatable bonds is 6. The summed E-state index contributed by atoms with van der Waals surface area (Å²) in [4.78, 5) is 16.7. The number of carbonyl (C=O) groups is 1. The molecule has 0 N–H and O–H groups in total. The first-order valence-electron chi connectivity index (χ1n) is 10.9. The van der Waals surface area contributed by atoms with Crippen molar-refractivity contribution < 1.29 is 19.0 Å². The highest BCUT2D eigenvalue weighted by Crippen LogP contribution is 2.39. The Hall–Kier alpha value is -2.25. The Morgan fingerprint density at radius 1 is 1.12 bits per heavy atom. The fourth-order valence-corrected chi connectivity index (χ4v) is 4.30. The second kappa shape index (κ2) is 10.6. The molecule has 1 atom stereocenters. The van der Waals surface area contributed by atoms with Crippen LogP contribution in [0.4, 0.5) is 4.79 Å². The van der Waals surface area contributed by atoms with Gasteiger partial charge in [-0.3, -0.25) is 4.90 Å². The molecule has 2 aromatic carbocycles. The van der Waals surface area contributed by atoms with E-state index in [0.717, 1.165) is 35.2 Å². The summed E-state index contributed by atoms with van der Waals surface area (Å²) in [5, 5.41) is 0. The molecule has 32 heavy (non-hydrogen) atoms. The minimum absolute atomic E-state index is 0.0735. The third-order valence-corrected chi connectivity index (χ3v) is 6.19. The number of ether oxygens (including phenoxy) is 3. The Morgan fingerprint density at radius 3 is 2.47 bits per heavy atom. The van der Waals surface area contributed by atoms with Gasteiger partial charge in [-0.1, -0.05) is 36.4 Å². The van der Waals surface area contributed by atoms with Gasteiger partial charge < -0.3 is 19.1 Å². The number of benzene rings is 2.